The molecule has 0 aliphatic carbocycles. The maximum atomic E-state index is 6.05. The van der Waals surface area contributed by atoms with E-state index in [2.05, 4.69) is 55.6 Å². The molecule has 2 aromatic rings. The number of rotatable bonds is 9. The van der Waals surface area contributed by atoms with Crippen LogP contribution >= 0.6 is 0 Å². The molecule has 2 aromatic carbocycles. The zero-order chi connectivity index (χ0) is 14.9. The van der Waals surface area contributed by atoms with Crippen LogP contribution in [-0.2, 0) is 6.54 Å². The van der Waals surface area contributed by atoms with E-state index in [9.17, 15) is 0 Å². The Hall–Kier alpha value is -1.54. The lowest BCUT2D eigenvalue weighted by molar-refractivity contribution is 0.302. The van der Waals surface area contributed by atoms with E-state index in [0.717, 1.165) is 31.9 Å². The number of benzene rings is 2. The standard InChI is InChI=1S/C19H27NO/c1-3-5-6-9-14-21-19-13-12-16-10-7-8-11-17(16)18(19)15-20-4-2/h7-8,10-13,20H,3-6,9,14-15H2,1-2H3. The van der Waals surface area contributed by atoms with Crippen molar-refractivity contribution in [3.05, 3.63) is 42.0 Å². The quantitative estimate of drug-likeness (QED) is 0.661. The van der Waals surface area contributed by atoms with Gasteiger partial charge in [0.05, 0.1) is 6.61 Å². The molecule has 0 saturated carbocycles. The van der Waals surface area contributed by atoms with E-state index in [1.54, 1.807) is 0 Å². The van der Waals surface area contributed by atoms with Gasteiger partial charge in [-0.1, -0.05) is 63.4 Å². The molecule has 0 aliphatic rings. The second-order valence-corrected chi connectivity index (χ2v) is 5.45. The van der Waals surface area contributed by atoms with Gasteiger partial charge in [-0.15, -0.1) is 0 Å². The summed E-state index contributed by atoms with van der Waals surface area (Å²) in [4.78, 5) is 0. The first-order valence-electron chi connectivity index (χ1n) is 8.21. The van der Waals surface area contributed by atoms with Gasteiger partial charge in [0.1, 0.15) is 5.75 Å². The summed E-state index contributed by atoms with van der Waals surface area (Å²) in [5.74, 6) is 1.03. The Kier molecular flexibility index (Phi) is 6.55. The van der Waals surface area contributed by atoms with Crippen LogP contribution in [0.25, 0.3) is 10.8 Å². The summed E-state index contributed by atoms with van der Waals surface area (Å²) < 4.78 is 6.05. The number of ether oxygens (including phenoxy) is 1. The highest BCUT2D eigenvalue weighted by molar-refractivity contribution is 5.87. The summed E-state index contributed by atoms with van der Waals surface area (Å²) in [6, 6.07) is 12.8. The van der Waals surface area contributed by atoms with E-state index >= 15 is 0 Å². The molecule has 2 nitrogen and oxygen atoms in total. The Bertz CT molecular complexity index is 550. The lowest BCUT2D eigenvalue weighted by Gasteiger charge is -2.14. The number of unbranched alkanes of at least 4 members (excludes halogenated alkanes) is 3. The van der Waals surface area contributed by atoms with Gasteiger partial charge in [0.2, 0.25) is 0 Å². The van der Waals surface area contributed by atoms with Crippen molar-refractivity contribution in [3.8, 4) is 5.75 Å². The molecule has 0 amide bonds. The van der Waals surface area contributed by atoms with E-state index in [0.29, 0.717) is 0 Å². The fraction of sp³-hybridized carbons (Fsp3) is 0.474. The molecule has 0 unspecified atom stereocenters. The highest BCUT2D eigenvalue weighted by Gasteiger charge is 2.08. The molecule has 0 fully saturated rings. The Morgan fingerprint density at radius 3 is 2.62 bits per heavy atom. The second-order valence-electron chi connectivity index (χ2n) is 5.45. The average molecular weight is 285 g/mol. The van der Waals surface area contributed by atoms with Crippen molar-refractivity contribution in [2.24, 2.45) is 0 Å². The largest absolute Gasteiger partial charge is 0.493 e. The minimum atomic E-state index is 0.817. The third kappa shape index (κ3) is 4.47. The van der Waals surface area contributed by atoms with Crippen molar-refractivity contribution in [1.82, 2.24) is 5.32 Å². The molecule has 0 aliphatic heterocycles. The molecular weight excluding hydrogens is 258 g/mol. The first-order chi connectivity index (χ1) is 10.4. The lowest BCUT2D eigenvalue weighted by atomic mass is 10.0. The third-order valence-electron chi connectivity index (χ3n) is 3.80. The minimum Gasteiger partial charge on any atom is -0.493 e. The van der Waals surface area contributed by atoms with Crippen LogP contribution in [0.4, 0.5) is 0 Å². The fourth-order valence-electron chi connectivity index (χ4n) is 2.59. The van der Waals surface area contributed by atoms with Crippen LogP contribution in [0.3, 0.4) is 0 Å². The van der Waals surface area contributed by atoms with Gasteiger partial charge >= 0.3 is 0 Å². The van der Waals surface area contributed by atoms with Crippen molar-refractivity contribution in [2.45, 2.75) is 46.1 Å². The van der Waals surface area contributed by atoms with Crippen molar-refractivity contribution >= 4 is 10.8 Å². The van der Waals surface area contributed by atoms with E-state index in [-0.39, 0.29) is 0 Å². The number of hydrogen-bond acceptors (Lipinski definition) is 2. The van der Waals surface area contributed by atoms with Gasteiger partial charge < -0.3 is 10.1 Å². The minimum absolute atomic E-state index is 0.817. The van der Waals surface area contributed by atoms with Gasteiger partial charge in [-0.2, -0.15) is 0 Å². The third-order valence-corrected chi connectivity index (χ3v) is 3.80. The Morgan fingerprint density at radius 2 is 1.81 bits per heavy atom. The van der Waals surface area contributed by atoms with E-state index in [1.807, 2.05) is 0 Å². The second kappa shape index (κ2) is 8.68. The maximum absolute atomic E-state index is 6.05. The molecular formula is C19H27NO. The molecule has 0 radical (unpaired) electrons. The first kappa shape index (κ1) is 15.8. The van der Waals surface area contributed by atoms with Crippen LogP contribution in [0, 0.1) is 0 Å². The van der Waals surface area contributed by atoms with Crippen LogP contribution in [0.2, 0.25) is 0 Å². The van der Waals surface area contributed by atoms with E-state index in [4.69, 9.17) is 4.74 Å². The topological polar surface area (TPSA) is 21.3 Å². The highest BCUT2D eigenvalue weighted by atomic mass is 16.5. The molecule has 0 saturated heterocycles. The van der Waals surface area contributed by atoms with Crippen molar-refractivity contribution in [3.63, 3.8) is 0 Å². The average Bonchev–Trinajstić information content (AvgIpc) is 2.53. The highest BCUT2D eigenvalue weighted by Crippen LogP contribution is 2.28. The van der Waals surface area contributed by atoms with Gasteiger partial charge in [-0.3, -0.25) is 0 Å². The molecule has 0 atom stereocenters. The zero-order valence-electron chi connectivity index (χ0n) is 13.3. The summed E-state index contributed by atoms with van der Waals surface area (Å²) in [6.45, 7) is 7.02. The summed E-state index contributed by atoms with van der Waals surface area (Å²) in [5.41, 5.74) is 1.28. The molecule has 0 spiro atoms. The number of hydrogen-bond donors (Lipinski definition) is 1. The Morgan fingerprint density at radius 1 is 0.952 bits per heavy atom. The molecule has 0 bridgehead atoms. The summed E-state index contributed by atoms with van der Waals surface area (Å²) in [5, 5.41) is 6.00. The maximum Gasteiger partial charge on any atom is 0.124 e. The molecule has 21 heavy (non-hydrogen) atoms. The van der Waals surface area contributed by atoms with E-state index in [1.165, 1.54) is 35.6 Å². The first-order valence-corrected chi connectivity index (χ1v) is 8.21. The normalized spacial score (nSPS) is 11.0. The van der Waals surface area contributed by atoms with Crippen LogP contribution in [0.15, 0.2) is 36.4 Å². The van der Waals surface area contributed by atoms with Gasteiger partial charge in [0.25, 0.3) is 0 Å². The van der Waals surface area contributed by atoms with Gasteiger partial charge in [-0.25, -0.2) is 0 Å². The van der Waals surface area contributed by atoms with Crippen LogP contribution in [0.5, 0.6) is 5.75 Å². The lowest BCUT2D eigenvalue weighted by Crippen LogP contribution is -2.13. The molecule has 0 aromatic heterocycles. The predicted octanol–water partition coefficient (Wildman–Crippen LogP) is 4.91. The van der Waals surface area contributed by atoms with Crippen LogP contribution < -0.4 is 10.1 Å². The van der Waals surface area contributed by atoms with Gasteiger partial charge in [0, 0.05) is 12.1 Å². The zero-order valence-corrected chi connectivity index (χ0v) is 13.3. The van der Waals surface area contributed by atoms with Crippen molar-refractivity contribution < 1.29 is 4.74 Å². The number of nitrogens with one attached hydrogen (secondary N) is 1. The van der Waals surface area contributed by atoms with Crippen molar-refractivity contribution in [2.75, 3.05) is 13.2 Å². The smallest absolute Gasteiger partial charge is 0.124 e. The summed E-state index contributed by atoms with van der Waals surface area (Å²) >= 11 is 0. The predicted molar refractivity (Wildman–Crippen MR) is 91.0 cm³/mol. The van der Waals surface area contributed by atoms with Gasteiger partial charge in [0.15, 0.2) is 0 Å². The summed E-state index contributed by atoms with van der Waals surface area (Å²) in [6.07, 6.45) is 4.96. The fourth-order valence-corrected chi connectivity index (χ4v) is 2.59. The van der Waals surface area contributed by atoms with Crippen molar-refractivity contribution in [1.29, 1.82) is 0 Å². The molecule has 114 valence electrons. The molecule has 0 heterocycles. The monoisotopic (exact) mass is 285 g/mol. The molecule has 1 N–H and O–H groups in total. The van der Waals surface area contributed by atoms with Gasteiger partial charge in [-0.05, 0) is 29.8 Å². The van der Waals surface area contributed by atoms with Crippen LogP contribution in [-0.4, -0.2) is 13.2 Å². The number of fused-ring (bicyclic) bond motifs is 1. The Labute approximate surface area is 128 Å². The molecule has 2 heteroatoms. The molecule has 2 rings (SSSR count). The van der Waals surface area contributed by atoms with Crippen LogP contribution in [0.1, 0.15) is 45.1 Å². The SMILES string of the molecule is CCCCCCOc1ccc2ccccc2c1CNCC. The summed E-state index contributed by atoms with van der Waals surface area (Å²) in [7, 11) is 0. The Balaban J connectivity index is 2.13. The van der Waals surface area contributed by atoms with E-state index < -0.39 is 0 Å².